The summed E-state index contributed by atoms with van der Waals surface area (Å²) in [5, 5.41) is 12.1. The van der Waals surface area contributed by atoms with E-state index in [2.05, 4.69) is 15.5 Å². The number of nitrogens with one attached hydrogen (secondary N) is 1. The molecule has 3 heterocycles. The highest BCUT2D eigenvalue weighted by Gasteiger charge is 2.37. The van der Waals surface area contributed by atoms with Gasteiger partial charge in [-0.05, 0) is 85.4 Å². The molecule has 4 aromatic rings. The van der Waals surface area contributed by atoms with Gasteiger partial charge in [0.25, 0.3) is 5.56 Å². The molecular weight excluding hydrogens is 655 g/mol. The normalized spacial score (nSPS) is 17.3. The molecule has 0 saturated heterocycles. The topological polar surface area (TPSA) is 149 Å². The first-order valence-electron chi connectivity index (χ1n) is 16.4. The standard InChI is InChI=1S/C34H43FN6O7S/c1-8-47-31(43)21-9-12-23(13-10-21)48-26(24-17-22(35)11-14-25(24)46-7)18-39-30-27(20(4)29(49-30)41-36-15-16-37-41)28(42)40(33(39)45)34(5,6)32(44)38-19(2)3/h11,14-17,19,21,23,26H,8-10,12-13,18H2,1-7H3,(H,38,44)/t21-,23+,26-/m0/s1. The van der Waals surface area contributed by atoms with Crippen molar-refractivity contribution in [3.63, 3.8) is 0 Å². The zero-order valence-corrected chi connectivity index (χ0v) is 29.6. The first-order chi connectivity index (χ1) is 23.3. The lowest BCUT2D eigenvalue weighted by molar-refractivity contribution is -0.150. The van der Waals surface area contributed by atoms with Crippen molar-refractivity contribution in [2.24, 2.45) is 5.92 Å². The highest BCUT2D eigenvalue weighted by atomic mass is 32.1. The van der Waals surface area contributed by atoms with Gasteiger partial charge in [0.2, 0.25) is 5.91 Å². The number of amides is 1. The number of aryl methyl sites for hydroxylation is 1. The number of hydrogen-bond donors (Lipinski definition) is 1. The van der Waals surface area contributed by atoms with Crippen LogP contribution in [-0.4, -0.2) is 61.9 Å². The van der Waals surface area contributed by atoms with Crippen molar-refractivity contribution in [1.82, 2.24) is 29.4 Å². The van der Waals surface area contributed by atoms with E-state index in [-0.39, 0.29) is 36.0 Å². The smallest absolute Gasteiger partial charge is 0.333 e. The van der Waals surface area contributed by atoms with E-state index in [1.807, 2.05) is 0 Å². The van der Waals surface area contributed by atoms with Crippen LogP contribution in [0.15, 0.2) is 40.2 Å². The first-order valence-corrected chi connectivity index (χ1v) is 17.2. The highest BCUT2D eigenvalue weighted by Crippen LogP contribution is 2.37. The SMILES string of the molecule is CCOC(=O)[C@H]1CC[C@@H](O[C@@H](Cn2c(=O)n(C(C)(C)C(=O)NC(C)C)c(=O)c3c(C)c(-n4nccn4)sc32)c2cc(F)ccc2OC)CC1. The summed E-state index contributed by atoms with van der Waals surface area (Å²) >= 11 is 1.15. The van der Waals surface area contributed by atoms with Crippen molar-refractivity contribution < 1.29 is 28.2 Å². The van der Waals surface area contributed by atoms with Crippen LogP contribution in [0.25, 0.3) is 15.2 Å². The fourth-order valence-corrected chi connectivity index (χ4v) is 7.52. The summed E-state index contributed by atoms with van der Waals surface area (Å²) in [7, 11) is 1.46. The second-order valence-electron chi connectivity index (χ2n) is 13.0. The van der Waals surface area contributed by atoms with Crippen LogP contribution in [0.4, 0.5) is 4.39 Å². The van der Waals surface area contributed by atoms with E-state index in [1.54, 1.807) is 27.7 Å². The largest absolute Gasteiger partial charge is 0.496 e. The quantitative estimate of drug-likeness (QED) is 0.213. The van der Waals surface area contributed by atoms with Crippen molar-refractivity contribution in [3.05, 3.63) is 68.4 Å². The van der Waals surface area contributed by atoms with Crippen molar-refractivity contribution in [1.29, 1.82) is 0 Å². The Hall–Kier alpha value is -4.37. The van der Waals surface area contributed by atoms with Crippen LogP contribution in [0.5, 0.6) is 5.75 Å². The molecule has 13 nitrogen and oxygen atoms in total. The molecule has 264 valence electrons. The number of carbonyl (C=O) groups excluding carboxylic acids is 2. The van der Waals surface area contributed by atoms with Gasteiger partial charge >= 0.3 is 11.7 Å². The van der Waals surface area contributed by atoms with Gasteiger partial charge in [0.15, 0.2) is 0 Å². The zero-order chi connectivity index (χ0) is 35.6. The number of esters is 1. The number of aromatic nitrogens is 5. The monoisotopic (exact) mass is 698 g/mol. The van der Waals surface area contributed by atoms with E-state index in [0.717, 1.165) is 15.9 Å². The molecule has 1 aliphatic rings. The highest BCUT2D eigenvalue weighted by molar-refractivity contribution is 7.21. The molecule has 0 bridgehead atoms. The molecule has 0 radical (unpaired) electrons. The number of fused-ring (bicyclic) bond motifs is 1. The predicted octanol–water partition coefficient (Wildman–Crippen LogP) is 4.40. The number of thiophene rings is 1. The zero-order valence-electron chi connectivity index (χ0n) is 28.8. The molecule has 1 amide bonds. The summed E-state index contributed by atoms with van der Waals surface area (Å²) in [5.41, 5.74) is -2.07. The molecule has 0 spiro atoms. The van der Waals surface area contributed by atoms with E-state index in [4.69, 9.17) is 14.2 Å². The third-order valence-corrected chi connectivity index (χ3v) is 10.1. The van der Waals surface area contributed by atoms with Gasteiger partial charge < -0.3 is 19.5 Å². The second kappa shape index (κ2) is 14.6. The van der Waals surface area contributed by atoms with E-state index in [0.29, 0.717) is 59.0 Å². The fraction of sp³-hybridized carbons (Fsp3) is 0.529. The van der Waals surface area contributed by atoms with E-state index in [9.17, 15) is 23.6 Å². The summed E-state index contributed by atoms with van der Waals surface area (Å²) in [4.78, 5) is 56.5. The van der Waals surface area contributed by atoms with Crippen LogP contribution in [0, 0.1) is 18.7 Å². The molecule has 15 heteroatoms. The molecule has 1 atom stereocenters. The Kier molecular flexibility index (Phi) is 10.7. The maximum absolute atomic E-state index is 14.9. The van der Waals surface area contributed by atoms with Crippen LogP contribution in [0.2, 0.25) is 0 Å². The lowest BCUT2D eigenvalue weighted by Gasteiger charge is -2.32. The first kappa shape index (κ1) is 35.9. The molecule has 5 rings (SSSR count). The number of benzene rings is 1. The van der Waals surface area contributed by atoms with Gasteiger partial charge in [-0.3, -0.25) is 19.0 Å². The van der Waals surface area contributed by atoms with Crippen molar-refractivity contribution >= 4 is 33.4 Å². The van der Waals surface area contributed by atoms with Crippen LogP contribution in [0.1, 0.15) is 77.5 Å². The third kappa shape index (κ3) is 7.18. The number of hydrogen-bond acceptors (Lipinski definition) is 10. The maximum Gasteiger partial charge on any atom is 0.333 e. The number of halogens is 1. The summed E-state index contributed by atoms with van der Waals surface area (Å²) in [6.07, 6.45) is 3.93. The molecule has 1 saturated carbocycles. The summed E-state index contributed by atoms with van der Waals surface area (Å²) < 4.78 is 34.8. The molecule has 1 fully saturated rings. The predicted molar refractivity (Wildman–Crippen MR) is 182 cm³/mol. The molecular formula is C34H43FN6O7S. The van der Waals surface area contributed by atoms with Gasteiger partial charge in [-0.15, -0.1) is 4.80 Å². The van der Waals surface area contributed by atoms with E-state index < -0.39 is 34.6 Å². The molecule has 0 unspecified atom stereocenters. The maximum atomic E-state index is 14.9. The lowest BCUT2D eigenvalue weighted by Crippen LogP contribution is -2.56. The van der Waals surface area contributed by atoms with Gasteiger partial charge in [-0.25, -0.2) is 13.8 Å². The Balaban J connectivity index is 1.68. The molecule has 1 aliphatic carbocycles. The average Bonchev–Trinajstić information content (AvgIpc) is 3.70. The number of carbonyl (C=O) groups is 2. The molecule has 0 aliphatic heterocycles. The number of ether oxygens (including phenoxy) is 3. The fourth-order valence-electron chi connectivity index (χ4n) is 6.30. The van der Waals surface area contributed by atoms with Crippen LogP contribution in [0.3, 0.4) is 0 Å². The number of rotatable bonds is 12. The van der Waals surface area contributed by atoms with E-state index >= 15 is 0 Å². The van der Waals surface area contributed by atoms with Crippen LogP contribution in [-0.2, 0) is 31.1 Å². The molecule has 49 heavy (non-hydrogen) atoms. The molecule has 1 N–H and O–H groups in total. The van der Waals surface area contributed by atoms with Crippen molar-refractivity contribution in [2.45, 2.75) is 97.6 Å². The summed E-state index contributed by atoms with van der Waals surface area (Å²) in [5.74, 6) is -1.16. The summed E-state index contributed by atoms with van der Waals surface area (Å²) in [6.45, 7) is 10.3. The Morgan fingerprint density at radius 2 is 1.80 bits per heavy atom. The second-order valence-corrected chi connectivity index (χ2v) is 14.0. The van der Waals surface area contributed by atoms with Gasteiger partial charge in [-0.1, -0.05) is 11.3 Å². The minimum Gasteiger partial charge on any atom is -0.496 e. The summed E-state index contributed by atoms with van der Waals surface area (Å²) in [6, 6.07) is 3.83. The lowest BCUT2D eigenvalue weighted by atomic mass is 9.87. The average molecular weight is 699 g/mol. The van der Waals surface area contributed by atoms with Crippen LogP contribution < -0.4 is 21.3 Å². The van der Waals surface area contributed by atoms with E-state index in [1.165, 1.54) is 60.9 Å². The Morgan fingerprint density at radius 3 is 2.41 bits per heavy atom. The van der Waals surface area contributed by atoms with Gasteiger partial charge in [0.05, 0.1) is 50.1 Å². The number of methoxy groups -OCH3 is 1. The Bertz CT molecular complexity index is 1940. The van der Waals surface area contributed by atoms with Gasteiger partial charge in [-0.2, -0.15) is 10.2 Å². The number of nitrogens with zero attached hydrogens (tertiary/aromatic N) is 5. The third-order valence-electron chi connectivity index (χ3n) is 8.86. The van der Waals surface area contributed by atoms with Crippen molar-refractivity contribution in [2.75, 3.05) is 13.7 Å². The molecule has 1 aromatic carbocycles. The Morgan fingerprint density at radius 1 is 1.12 bits per heavy atom. The van der Waals surface area contributed by atoms with Crippen molar-refractivity contribution in [3.8, 4) is 10.8 Å². The minimum atomic E-state index is -1.59. The van der Waals surface area contributed by atoms with Gasteiger partial charge in [0.1, 0.15) is 33.0 Å². The molecule has 3 aromatic heterocycles. The Labute approximate surface area is 287 Å². The van der Waals surface area contributed by atoms with Gasteiger partial charge in [0, 0.05) is 17.2 Å². The van der Waals surface area contributed by atoms with Crippen LogP contribution >= 0.6 is 11.3 Å². The minimum absolute atomic E-state index is 0.152.